The van der Waals surface area contributed by atoms with E-state index in [1.54, 1.807) is 0 Å². The Labute approximate surface area is 156 Å². The van der Waals surface area contributed by atoms with E-state index in [9.17, 15) is 0 Å². The van der Waals surface area contributed by atoms with Gasteiger partial charge in [-0.1, -0.05) is 74.0 Å². The predicted molar refractivity (Wildman–Crippen MR) is 108 cm³/mol. The van der Waals surface area contributed by atoms with Gasteiger partial charge in [-0.05, 0) is 54.7 Å². The highest BCUT2D eigenvalue weighted by Crippen LogP contribution is 2.43. The molecule has 2 aromatic carbocycles. The van der Waals surface area contributed by atoms with Gasteiger partial charge in [-0.3, -0.25) is 0 Å². The Morgan fingerprint density at radius 1 is 0.920 bits per heavy atom. The van der Waals surface area contributed by atoms with Gasteiger partial charge >= 0.3 is 0 Å². The first-order chi connectivity index (χ1) is 12.3. The van der Waals surface area contributed by atoms with E-state index in [2.05, 4.69) is 61.5 Å². The first-order valence-corrected chi connectivity index (χ1v) is 10.2. The number of aryl methyl sites for hydroxylation is 1. The molecule has 0 saturated heterocycles. The molecule has 0 heterocycles. The van der Waals surface area contributed by atoms with E-state index >= 15 is 0 Å². The van der Waals surface area contributed by atoms with Crippen LogP contribution in [0.3, 0.4) is 0 Å². The minimum Gasteiger partial charge on any atom is -0.310 e. The highest BCUT2D eigenvalue weighted by atomic mass is 32.2. The fourth-order valence-electron chi connectivity index (χ4n) is 3.69. The average Bonchev–Trinajstić information content (AvgIpc) is 3.28. The molecule has 1 saturated carbocycles. The Hall–Kier alpha value is -1.51. The van der Waals surface area contributed by atoms with Crippen molar-refractivity contribution >= 4 is 12.0 Å². The number of allylic oxidation sites excluding steroid dienone is 2. The molecule has 3 unspecified atom stereocenters. The molecule has 3 atom stereocenters. The van der Waals surface area contributed by atoms with E-state index in [1.807, 2.05) is 18.2 Å². The van der Waals surface area contributed by atoms with Crippen LogP contribution in [-0.2, 0) is 10.6 Å². The zero-order chi connectivity index (χ0) is 17.3. The third-order valence-electron chi connectivity index (χ3n) is 4.98. The van der Waals surface area contributed by atoms with Crippen LogP contribution in [0.25, 0.3) is 0 Å². The Morgan fingerprint density at radius 3 is 2.24 bits per heavy atom. The van der Waals surface area contributed by atoms with Crippen LogP contribution in [0.15, 0.2) is 77.7 Å². The summed E-state index contributed by atoms with van der Waals surface area (Å²) < 4.78 is 5.74. The summed E-state index contributed by atoms with van der Waals surface area (Å²) in [7, 11) is 0. The molecule has 0 radical (unpaired) electrons. The van der Waals surface area contributed by atoms with E-state index in [4.69, 9.17) is 4.18 Å². The van der Waals surface area contributed by atoms with Gasteiger partial charge in [-0.2, -0.15) is 0 Å². The number of hydrogen-bond acceptors (Lipinski definition) is 2. The topological polar surface area (TPSA) is 9.23 Å². The monoisotopic (exact) mass is 352 g/mol. The van der Waals surface area contributed by atoms with Crippen molar-refractivity contribution in [1.29, 1.82) is 0 Å². The lowest BCUT2D eigenvalue weighted by Gasteiger charge is -2.16. The largest absolute Gasteiger partial charge is 0.310 e. The molecule has 25 heavy (non-hydrogen) atoms. The molecule has 0 amide bonds. The van der Waals surface area contributed by atoms with E-state index in [0.717, 1.165) is 24.4 Å². The van der Waals surface area contributed by atoms with Gasteiger partial charge in [0.15, 0.2) is 0 Å². The molecule has 0 N–H and O–H groups in total. The summed E-state index contributed by atoms with van der Waals surface area (Å²) in [5, 5.41) is 0. The molecule has 2 aromatic rings. The lowest BCUT2D eigenvalue weighted by molar-refractivity contribution is 0.260. The van der Waals surface area contributed by atoms with Crippen LogP contribution in [0.2, 0.25) is 0 Å². The molecule has 1 nitrogen and oxygen atoms in total. The summed E-state index contributed by atoms with van der Waals surface area (Å²) >= 11 is 1.51. The summed E-state index contributed by atoms with van der Waals surface area (Å²) in [6.07, 6.45) is 9.91. The smallest absolute Gasteiger partial charge is 0.0652 e. The molecule has 2 heteroatoms. The number of rotatable bonds is 6. The molecule has 4 rings (SSSR count). The Balaban J connectivity index is 0.000000173. The normalized spacial score (nSPS) is 23.3. The van der Waals surface area contributed by atoms with Crippen LogP contribution in [0.1, 0.15) is 31.7 Å². The van der Waals surface area contributed by atoms with Crippen molar-refractivity contribution in [3.8, 4) is 0 Å². The van der Waals surface area contributed by atoms with Gasteiger partial charge in [0.2, 0.25) is 0 Å². The van der Waals surface area contributed by atoms with Gasteiger partial charge in [0.25, 0.3) is 0 Å². The van der Waals surface area contributed by atoms with Crippen LogP contribution < -0.4 is 0 Å². The number of benzene rings is 2. The second-order valence-electron chi connectivity index (χ2n) is 6.96. The van der Waals surface area contributed by atoms with E-state index in [-0.39, 0.29) is 0 Å². The van der Waals surface area contributed by atoms with Crippen LogP contribution in [0.5, 0.6) is 0 Å². The molecule has 0 aliphatic heterocycles. The first kappa shape index (κ1) is 18.3. The highest BCUT2D eigenvalue weighted by Gasteiger charge is 2.35. The van der Waals surface area contributed by atoms with Crippen molar-refractivity contribution in [3.63, 3.8) is 0 Å². The van der Waals surface area contributed by atoms with Gasteiger partial charge in [0.1, 0.15) is 0 Å². The maximum Gasteiger partial charge on any atom is 0.0652 e. The Kier molecular flexibility index (Phi) is 7.20. The average molecular weight is 353 g/mol. The third kappa shape index (κ3) is 5.76. The van der Waals surface area contributed by atoms with Gasteiger partial charge in [-0.25, -0.2) is 0 Å². The minimum atomic E-state index is 0.756. The minimum absolute atomic E-state index is 0.756. The third-order valence-corrected chi connectivity index (χ3v) is 5.70. The summed E-state index contributed by atoms with van der Waals surface area (Å²) in [5.74, 6) is 2.40. The van der Waals surface area contributed by atoms with Crippen LogP contribution in [-0.4, -0.2) is 6.61 Å². The molecular weight excluding hydrogens is 324 g/mol. The van der Waals surface area contributed by atoms with Crippen molar-refractivity contribution < 1.29 is 4.18 Å². The maximum atomic E-state index is 5.74. The molecule has 0 spiro atoms. The summed E-state index contributed by atoms with van der Waals surface area (Å²) in [6, 6.07) is 20.9. The van der Waals surface area contributed by atoms with Gasteiger partial charge in [0, 0.05) is 16.9 Å². The zero-order valence-corrected chi connectivity index (χ0v) is 15.8. The van der Waals surface area contributed by atoms with E-state index < -0.39 is 0 Å². The van der Waals surface area contributed by atoms with Crippen molar-refractivity contribution in [1.82, 2.24) is 0 Å². The maximum absolute atomic E-state index is 5.74. The molecular formula is C23H28OS. The fourth-order valence-corrected chi connectivity index (χ4v) is 4.33. The van der Waals surface area contributed by atoms with Crippen LogP contribution in [0, 0.1) is 17.8 Å². The van der Waals surface area contributed by atoms with Crippen LogP contribution >= 0.6 is 12.0 Å². The standard InChI is InChI=1S/C14H16OS.C9H12/c1-2-4-14(5-3-1)16-15-10-13-9-11-6-7-12(13)8-11;1-2-6-9-7-4-3-5-8-9/h1-7,11-13H,8-10H2;3-5,7-8H,2,6H2,1H3. The molecule has 1 fully saturated rings. The Morgan fingerprint density at radius 2 is 1.64 bits per heavy atom. The van der Waals surface area contributed by atoms with E-state index in [0.29, 0.717) is 0 Å². The quantitative estimate of drug-likeness (QED) is 0.430. The van der Waals surface area contributed by atoms with Gasteiger partial charge in [0.05, 0.1) is 6.61 Å². The van der Waals surface area contributed by atoms with Crippen molar-refractivity contribution in [2.45, 2.75) is 37.5 Å². The number of fused-ring (bicyclic) bond motifs is 2. The van der Waals surface area contributed by atoms with E-state index in [1.165, 1.54) is 48.2 Å². The fraction of sp³-hybridized carbons (Fsp3) is 0.391. The van der Waals surface area contributed by atoms with Crippen molar-refractivity contribution in [2.75, 3.05) is 6.61 Å². The second kappa shape index (κ2) is 9.84. The Bertz CT molecular complexity index is 638. The molecule has 2 bridgehead atoms. The summed E-state index contributed by atoms with van der Waals surface area (Å²) in [4.78, 5) is 1.20. The van der Waals surface area contributed by atoms with Crippen molar-refractivity contribution in [2.24, 2.45) is 17.8 Å². The molecule has 0 aromatic heterocycles. The molecule has 2 aliphatic carbocycles. The second-order valence-corrected chi connectivity index (χ2v) is 7.83. The van der Waals surface area contributed by atoms with Crippen LogP contribution in [0.4, 0.5) is 0 Å². The highest BCUT2D eigenvalue weighted by molar-refractivity contribution is 7.94. The SMILES string of the molecule is C1=CC2CC1CC2COSc1ccccc1.CCCc1ccccc1. The molecule has 2 aliphatic rings. The summed E-state index contributed by atoms with van der Waals surface area (Å²) in [5.41, 5.74) is 1.44. The predicted octanol–water partition coefficient (Wildman–Crippen LogP) is 6.56. The van der Waals surface area contributed by atoms with Gasteiger partial charge in [-0.15, -0.1) is 0 Å². The van der Waals surface area contributed by atoms with Gasteiger partial charge < -0.3 is 4.18 Å². The molecule has 132 valence electrons. The zero-order valence-electron chi connectivity index (χ0n) is 15.0. The van der Waals surface area contributed by atoms with Crippen molar-refractivity contribution in [3.05, 3.63) is 78.4 Å². The summed E-state index contributed by atoms with van der Waals surface area (Å²) in [6.45, 7) is 3.10. The lowest BCUT2D eigenvalue weighted by atomic mass is 9.95. The lowest BCUT2D eigenvalue weighted by Crippen LogP contribution is -2.12. The number of hydrogen-bond donors (Lipinski definition) is 0. The first-order valence-electron chi connectivity index (χ1n) is 9.42.